The van der Waals surface area contributed by atoms with Crippen LogP contribution in [0, 0.1) is 0 Å². The summed E-state index contributed by atoms with van der Waals surface area (Å²) in [5, 5.41) is 2.83. The minimum atomic E-state index is -1.23. The first-order valence-electron chi connectivity index (χ1n) is 12.3. The SMILES string of the molecule is CC(C)(C)c1ccc(C2(C)NC(=O)N(CC(=O)N3c4ccccc4CCc4ccccc43)C2=O)cc1. The topological polar surface area (TPSA) is 69.7 Å². The van der Waals surface area contributed by atoms with Gasteiger partial charge in [-0.15, -0.1) is 0 Å². The van der Waals surface area contributed by atoms with E-state index < -0.39 is 17.5 Å². The number of imide groups is 1. The fraction of sp³-hybridized carbons (Fsp3) is 0.300. The minimum Gasteiger partial charge on any atom is -0.319 e. The summed E-state index contributed by atoms with van der Waals surface area (Å²) in [5.74, 6) is -0.756. The van der Waals surface area contributed by atoms with Crippen molar-refractivity contribution < 1.29 is 14.4 Å². The molecule has 0 radical (unpaired) electrons. The number of nitrogens with one attached hydrogen (secondary N) is 1. The van der Waals surface area contributed by atoms with Crippen LogP contribution in [0.2, 0.25) is 0 Å². The molecule has 0 aromatic heterocycles. The number of rotatable bonds is 3. The van der Waals surface area contributed by atoms with Gasteiger partial charge in [-0.2, -0.15) is 0 Å². The van der Waals surface area contributed by atoms with E-state index in [2.05, 4.69) is 26.1 Å². The van der Waals surface area contributed by atoms with E-state index >= 15 is 0 Å². The monoisotopic (exact) mass is 481 g/mol. The summed E-state index contributed by atoms with van der Waals surface area (Å²) in [7, 11) is 0. The Labute approximate surface area is 211 Å². The van der Waals surface area contributed by atoms with Gasteiger partial charge in [-0.25, -0.2) is 4.79 Å². The van der Waals surface area contributed by atoms with Crippen molar-refractivity contribution in [1.82, 2.24) is 10.2 Å². The van der Waals surface area contributed by atoms with Crippen molar-refractivity contribution in [3.63, 3.8) is 0 Å². The van der Waals surface area contributed by atoms with E-state index in [9.17, 15) is 14.4 Å². The first-order valence-corrected chi connectivity index (χ1v) is 12.3. The molecule has 3 aromatic carbocycles. The second-order valence-corrected chi connectivity index (χ2v) is 10.8. The number of fused-ring (bicyclic) bond motifs is 2. The number of urea groups is 1. The molecule has 4 amide bonds. The molecule has 184 valence electrons. The largest absolute Gasteiger partial charge is 0.325 e. The van der Waals surface area contributed by atoms with E-state index in [0.717, 1.165) is 45.8 Å². The highest BCUT2D eigenvalue weighted by molar-refractivity contribution is 6.12. The summed E-state index contributed by atoms with van der Waals surface area (Å²) in [6.07, 6.45) is 1.62. The van der Waals surface area contributed by atoms with Gasteiger partial charge in [0, 0.05) is 0 Å². The third kappa shape index (κ3) is 3.96. The van der Waals surface area contributed by atoms with Crippen LogP contribution in [0.5, 0.6) is 0 Å². The number of para-hydroxylation sites is 2. The molecular formula is C30H31N3O3. The predicted octanol–water partition coefficient (Wildman–Crippen LogP) is 5.21. The lowest BCUT2D eigenvalue weighted by Crippen LogP contribution is -2.43. The molecular weight excluding hydrogens is 450 g/mol. The first-order chi connectivity index (χ1) is 17.1. The molecule has 0 aliphatic carbocycles. The Morgan fingerprint density at radius 1 is 0.861 bits per heavy atom. The number of hydrogen-bond donors (Lipinski definition) is 1. The van der Waals surface area contributed by atoms with Gasteiger partial charge in [-0.3, -0.25) is 19.4 Å². The van der Waals surface area contributed by atoms with E-state index in [4.69, 9.17) is 0 Å². The molecule has 6 nitrogen and oxygen atoms in total. The maximum Gasteiger partial charge on any atom is 0.325 e. The fourth-order valence-corrected chi connectivity index (χ4v) is 5.09. The summed E-state index contributed by atoms with van der Waals surface area (Å²) in [4.78, 5) is 43.0. The Morgan fingerprint density at radius 2 is 1.39 bits per heavy atom. The third-order valence-corrected chi connectivity index (χ3v) is 7.27. The summed E-state index contributed by atoms with van der Waals surface area (Å²) < 4.78 is 0. The Bertz CT molecular complexity index is 1310. The van der Waals surface area contributed by atoms with Crippen LogP contribution in [0.3, 0.4) is 0 Å². The molecule has 36 heavy (non-hydrogen) atoms. The average molecular weight is 482 g/mol. The Balaban J connectivity index is 1.45. The van der Waals surface area contributed by atoms with Gasteiger partial charge in [-0.1, -0.05) is 81.4 Å². The van der Waals surface area contributed by atoms with Gasteiger partial charge < -0.3 is 5.32 Å². The summed E-state index contributed by atoms with van der Waals surface area (Å²) >= 11 is 0. The summed E-state index contributed by atoms with van der Waals surface area (Å²) in [5.41, 5.74) is 4.26. The zero-order valence-electron chi connectivity index (χ0n) is 21.2. The molecule has 2 aliphatic heterocycles. The lowest BCUT2D eigenvalue weighted by atomic mass is 9.84. The lowest BCUT2D eigenvalue weighted by molar-refractivity contribution is -0.134. The van der Waals surface area contributed by atoms with Gasteiger partial charge in [0.1, 0.15) is 12.1 Å². The van der Waals surface area contributed by atoms with E-state index in [-0.39, 0.29) is 17.9 Å². The average Bonchev–Trinajstić information content (AvgIpc) is 2.99. The van der Waals surface area contributed by atoms with Crippen LogP contribution >= 0.6 is 0 Å². The molecule has 5 rings (SSSR count). The quantitative estimate of drug-likeness (QED) is 0.522. The van der Waals surface area contributed by atoms with Gasteiger partial charge in [0.15, 0.2) is 0 Å². The van der Waals surface area contributed by atoms with Crippen LogP contribution in [-0.2, 0) is 33.4 Å². The molecule has 1 N–H and O–H groups in total. The Hall–Kier alpha value is -3.93. The normalized spacial score (nSPS) is 19.4. The van der Waals surface area contributed by atoms with Gasteiger partial charge in [-0.05, 0) is 59.6 Å². The lowest BCUT2D eigenvalue weighted by Gasteiger charge is -2.27. The second kappa shape index (κ2) is 8.63. The molecule has 2 aliphatic rings. The van der Waals surface area contributed by atoms with Crippen LogP contribution in [0.1, 0.15) is 49.9 Å². The maximum absolute atomic E-state index is 13.8. The molecule has 0 spiro atoms. The van der Waals surface area contributed by atoms with Crippen molar-refractivity contribution in [2.24, 2.45) is 0 Å². The van der Waals surface area contributed by atoms with Crippen LogP contribution in [0.25, 0.3) is 0 Å². The van der Waals surface area contributed by atoms with Gasteiger partial charge >= 0.3 is 6.03 Å². The van der Waals surface area contributed by atoms with Crippen molar-refractivity contribution in [3.8, 4) is 0 Å². The van der Waals surface area contributed by atoms with Crippen LogP contribution < -0.4 is 10.2 Å². The zero-order chi connectivity index (χ0) is 25.7. The number of carbonyl (C=O) groups is 3. The van der Waals surface area contributed by atoms with E-state index in [1.165, 1.54) is 0 Å². The number of hydrogen-bond acceptors (Lipinski definition) is 3. The highest BCUT2D eigenvalue weighted by atomic mass is 16.2. The molecule has 1 unspecified atom stereocenters. The Kier molecular flexibility index (Phi) is 5.70. The summed E-state index contributed by atoms with van der Waals surface area (Å²) in [6, 6.07) is 22.8. The van der Waals surface area contributed by atoms with Crippen molar-refractivity contribution >= 4 is 29.2 Å². The van der Waals surface area contributed by atoms with E-state index in [1.807, 2.05) is 72.8 Å². The molecule has 6 heteroatoms. The van der Waals surface area contributed by atoms with E-state index in [0.29, 0.717) is 5.56 Å². The zero-order valence-corrected chi connectivity index (χ0v) is 21.2. The van der Waals surface area contributed by atoms with Crippen molar-refractivity contribution in [2.45, 2.75) is 51.5 Å². The number of benzene rings is 3. The molecule has 0 bridgehead atoms. The second-order valence-electron chi connectivity index (χ2n) is 10.8. The molecule has 1 fully saturated rings. The first kappa shape index (κ1) is 23.8. The molecule has 1 atom stereocenters. The highest BCUT2D eigenvalue weighted by Crippen LogP contribution is 2.37. The van der Waals surface area contributed by atoms with Gasteiger partial charge in [0.05, 0.1) is 11.4 Å². The smallest absolute Gasteiger partial charge is 0.319 e. The predicted molar refractivity (Wildman–Crippen MR) is 140 cm³/mol. The molecule has 3 aromatic rings. The minimum absolute atomic E-state index is 0.0272. The fourth-order valence-electron chi connectivity index (χ4n) is 5.09. The molecule has 1 saturated heterocycles. The van der Waals surface area contributed by atoms with Crippen LogP contribution in [-0.4, -0.2) is 29.3 Å². The molecule has 0 saturated carbocycles. The number of carbonyl (C=O) groups excluding carboxylic acids is 3. The van der Waals surface area contributed by atoms with Crippen molar-refractivity contribution in [1.29, 1.82) is 0 Å². The van der Waals surface area contributed by atoms with Crippen molar-refractivity contribution in [2.75, 3.05) is 11.4 Å². The van der Waals surface area contributed by atoms with Gasteiger partial charge in [0.2, 0.25) is 0 Å². The molecule has 2 heterocycles. The number of nitrogens with zero attached hydrogens (tertiary/aromatic N) is 2. The van der Waals surface area contributed by atoms with Crippen LogP contribution in [0.15, 0.2) is 72.8 Å². The number of anilines is 2. The summed E-state index contributed by atoms with van der Waals surface area (Å²) in [6.45, 7) is 7.72. The number of amides is 4. The number of aryl methyl sites for hydroxylation is 2. The van der Waals surface area contributed by atoms with E-state index in [1.54, 1.807) is 11.8 Å². The Morgan fingerprint density at radius 3 is 1.92 bits per heavy atom. The van der Waals surface area contributed by atoms with Crippen molar-refractivity contribution in [3.05, 3.63) is 95.1 Å². The standard InChI is InChI=1S/C30H31N3O3/c1-29(2,3)22-15-17-23(18-16-22)30(4)27(35)32(28(36)31-30)19-26(34)33-24-11-7-5-9-20(24)13-14-21-10-6-8-12-25(21)33/h5-12,15-18H,13-14,19H2,1-4H3,(H,31,36). The third-order valence-electron chi connectivity index (χ3n) is 7.27. The highest BCUT2D eigenvalue weighted by Gasteiger charge is 2.50. The van der Waals surface area contributed by atoms with Gasteiger partial charge in [0.25, 0.3) is 11.8 Å². The van der Waals surface area contributed by atoms with Crippen LogP contribution in [0.4, 0.5) is 16.2 Å². The maximum atomic E-state index is 13.8.